The standard InChI is InChI=1S/C24H23F2N7O/c25-24(26)7-11-32(15-24)17-3-1-2-16(12-17)19-4-5-20-22(29-19)33(18-6-10-31(20)14-18)23(34)30-21-13-27-8-9-28-21/h1-5,8-9,12-13,18H,6-7,10-11,14-15H2,(H,28,30,34)/t18-/m0/s1. The number of amides is 2. The van der Waals surface area contributed by atoms with Gasteiger partial charge in [0.25, 0.3) is 5.92 Å². The quantitative estimate of drug-likeness (QED) is 0.633. The first kappa shape index (κ1) is 20.8. The van der Waals surface area contributed by atoms with Gasteiger partial charge in [0.15, 0.2) is 11.6 Å². The van der Waals surface area contributed by atoms with E-state index in [9.17, 15) is 13.6 Å². The second kappa shape index (κ2) is 7.89. The van der Waals surface area contributed by atoms with E-state index in [1.54, 1.807) is 16.0 Å². The number of alkyl halides is 2. The molecule has 2 fully saturated rings. The molecule has 1 aromatic carbocycles. The Hall–Kier alpha value is -3.82. The number of urea groups is 1. The fourth-order valence-corrected chi connectivity index (χ4v) is 4.98. The monoisotopic (exact) mass is 463 g/mol. The first-order valence-corrected chi connectivity index (χ1v) is 11.3. The van der Waals surface area contributed by atoms with Crippen molar-refractivity contribution in [3.63, 3.8) is 0 Å². The molecule has 3 aromatic rings. The third-order valence-corrected chi connectivity index (χ3v) is 6.65. The molecule has 6 rings (SSSR count). The zero-order valence-corrected chi connectivity index (χ0v) is 18.4. The van der Waals surface area contributed by atoms with E-state index in [1.807, 2.05) is 36.4 Å². The Kier molecular flexibility index (Phi) is 4.82. The van der Waals surface area contributed by atoms with E-state index in [0.717, 1.165) is 36.4 Å². The molecule has 0 saturated carbocycles. The Labute approximate surface area is 195 Å². The topological polar surface area (TPSA) is 77.5 Å². The summed E-state index contributed by atoms with van der Waals surface area (Å²) in [6.45, 7) is 1.65. The Morgan fingerprint density at radius 2 is 2.03 bits per heavy atom. The number of nitrogens with one attached hydrogen (secondary N) is 1. The van der Waals surface area contributed by atoms with E-state index in [-0.39, 0.29) is 25.0 Å². The second-order valence-corrected chi connectivity index (χ2v) is 8.90. The number of pyridine rings is 1. The van der Waals surface area contributed by atoms with E-state index in [1.165, 1.54) is 12.4 Å². The summed E-state index contributed by atoms with van der Waals surface area (Å²) in [4.78, 5) is 32.0. The van der Waals surface area contributed by atoms with E-state index in [4.69, 9.17) is 4.98 Å². The lowest BCUT2D eigenvalue weighted by Gasteiger charge is -2.35. The van der Waals surface area contributed by atoms with Crippen molar-refractivity contribution in [1.82, 2.24) is 15.0 Å². The summed E-state index contributed by atoms with van der Waals surface area (Å²) in [5.41, 5.74) is 3.15. The normalized spacial score (nSPS) is 20.4. The Morgan fingerprint density at radius 3 is 2.82 bits per heavy atom. The van der Waals surface area contributed by atoms with Crippen LogP contribution in [0.3, 0.4) is 0 Å². The molecule has 1 atom stereocenters. The highest BCUT2D eigenvalue weighted by atomic mass is 19.3. The van der Waals surface area contributed by atoms with Gasteiger partial charge in [-0.05, 0) is 30.7 Å². The molecule has 2 bridgehead atoms. The summed E-state index contributed by atoms with van der Waals surface area (Å²) < 4.78 is 27.5. The Bertz CT molecular complexity index is 1240. The number of rotatable bonds is 3. The molecule has 3 aliphatic heterocycles. The summed E-state index contributed by atoms with van der Waals surface area (Å²) in [6.07, 6.45) is 5.28. The molecule has 174 valence electrons. The van der Waals surface area contributed by atoms with E-state index in [2.05, 4.69) is 20.2 Å². The SMILES string of the molecule is O=C(Nc1cnccn1)N1c2nc(-c3cccc(N4CCC(F)(F)C4)c3)ccc2N2CC[C@H]1C2. The molecular weight excluding hydrogens is 440 g/mol. The maximum atomic E-state index is 13.7. The third kappa shape index (κ3) is 3.68. The van der Waals surface area contributed by atoms with Crippen molar-refractivity contribution in [2.45, 2.75) is 24.8 Å². The van der Waals surface area contributed by atoms with Gasteiger partial charge < -0.3 is 9.80 Å². The van der Waals surface area contributed by atoms with Crippen LogP contribution in [-0.2, 0) is 0 Å². The van der Waals surface area contributed by atoms with Gasteiger partial charge in [0.05, 0.1) is 30.2 Å². The van der Waals surface area contributed by atoms with Crippen LogP contribution in [0.2, 0.25) is 0 Å². The molecule has 34 heavy (non-hydrogen) atoms. The minimum Gasteiger partial charge on any atom is -0.366 e. The molecule has 10 heteroatoms. The van der Waals surface area contributed by atoms with Crippen LogP contribution in [0.4, 0.5) is 36.6 Å². The molecule has 0 aliphatic carbocycles. The lowest BCUT2D eigenvalue weighted by molar-refractivity contribution is 0.0257. The molecular formula is C24H23F2N7O. The molecule has 0 spiro atoms. The summed E-state index contributed by atoms with van der Waals surface area (Å²) >= 11 is 0. The van der Waals surface area contributed by atoms with Gasteiger partial charge in [-0.3, -0.25) is 15.2 Å². The highest BCUT2D eigenvalue weighted by Gasteiger charge is 2.41. The Balaban J connectivity index is 1.34. The number of anilines is 4. The second-order valence-electron chi connectivity index (χ2n) is 8.90. The summed E-state index contributed by atoms with van der Waals surface area (Å²) in [7, 11) is 0. The predicted molar refractivity (Wildman–Crippen MR) is 126 cm³/mol. The van der Waals surface area contributed by atoms with Crippen LogP contribution in [0.25, 0.3) is 11.3 Å². The number of benzene rings is 1. The van der Waals surface area contributed by atoms with Crippen LogP contribution in [0.15, 0.2) is 55.0 Å². The van der Waals surface area contributed by atoms with Crippen LogP contribution in [0, 0.1) is 0 Å². The average molecular weight is 463 g/mol. The Morgan fingerprint density at radius 1 is 1.12 bits per heavy atom. The number of carbonyl (C=O) groups excluding carboxylic acids is 1. The number of aromatic nitrogens is 3. The number of hydrogen-bond acceptors (Lipinski definition) is 6. The van der Waals surface area contributed by atoms with Crippen LogP contribution < -0.4 is 20.0 Å². The summed E-state index contributed by atoms with van der Waals surface area (Å²) in [5, 5.41) is 2.83. The maximum Gasteiger partial charge on any atom is 0.329 e. The van der Waals surface area contributed by atoms with Crippen LogP contribution >= 0.6 is 0 Å². The fraction of sp³-hybridized carbons (Fsp3) is 0.333. The van der Waals surface area contributed by atoms with Crippen molar-refractivity contribution >= 4 is 29.0 Å². The molecule has 8 nitrogen and oxygen atoms in total. The molecule has 2 aromatic heterocycles. The largest absolute Gasteiger partial charge is 0.366 e. The zero-order chi connectivity index (χ0) is 23.3. The molecule has 0 unspecified atom stereocenters. The highest BCUT2D eigenvalue weighted by Crippen LogP contribution is 2.41. The number of fused-ring (bicyclic) bond motifs is 4. The lowest BCUT2D eigenvalue weighted by atomic mass is 10.1. The molecule has 3 aliphatic rings. The summed E-state index contributed by atoms with van der Waals surface area (Å²) in [6, 6.07) is 11.1. The number of halogens is 2. The van der Waals surface area contributed by atoms with Gasteiger partial charge in [0.1, 0.15) is 0 Å². The van der Waals surface area contributed by atoms with Crippen LogP contribution in [0.1, 0.15) is 12.8 Å². The lowest BCUT2D eigenvalue weighted by Crippen LogP contribution is -2.48. The minimum atomic E-state index is -2.66. The van der Waals surface area contributed by atoms with Gasteiger partial charge in [-0.2, -0.15) is 0 Å². The molecule has 0 radical (unpaired) electrons. The molecule has 2 amide bonds. The highest BCUT2D eigenvalue weighted by molar-refractivity contribution is 6.04. The number of nitrogens with zero attached hydrogens (tertiary/aromatic N) is 6. The first-order valence-electron chi connectivity index (χ1n) is 11.3. The third-order valence-electron chi connectivity index (χ3n) is 6.65. The van der Waals surface area contributed by atoms with Crippen molar-refractivity contribution in [2.75, 3.05) is 46.2 Å². The van der Waals surface area contributed by atoms with Gasteiger partial charge in [-0.25, -0.2) is 23.5 Å². The van der Waals surface area contributed by atoms with Crippen molar-refractivity contribution in [3.05, 3.63) is 55.0 Å². The van der Waals surface area contributed by atoms with Crippen LogP contribution in [0.5, 0.6) is 0 Å². The van der Waals surface area contributed by atoms with Crippen molar-refractivity contribution in [2.24, 2.45) is 0 Å². The number of carbonyl (C=O) groups is 1. The van der Waals surface area contributed by atoms with E-state index < -0.39 is 5.92 Å². The van der Waals surface area contributed by atoms with E-state index in [0.29, 0.717) is 23.9 Å². The minimum absolute atomic E-state index is 0.00471. The fourth-order valence-electron chi connectivity index (χ4n) is 4.98. The van der Waals surface area contributed by atoms with Crippen molar-refractivity contribution in [3.8, 4) is 11.3 Å². The van der Waals surface area contributed by atoms with Gasteiger partial charge in [0.2, 0.25) is 0 Å². The van der Waals surface area contributed by atoms with Gasteiger partial charge >= 0.3 is 6.03 Å². The molecule has 1 N–H and O–H groups in total. The zero-order valence-electron chi connectivity index (χ0n) is 18.4. The van der Waals surface area contributed by atoms with Crippen molar-refractivity contribution in [1.29, 1.82) is 0 Å². The first-order chi connectivity index (χ1) is 16.5. The van der Waals surface area contributed by atoms with E-state index >= 15 is 0 Å². The summed E-state index contributed by atoms with van der Waals surface area (Å²) in [5.74, 6) is -1.70. The van der Waals surface area contributed by atoms with Gasteiger partial charge in [0, 0.05) is 49.7 Å². The van der Waals surface area contributed by atoms with Crippen molar-refractivity contribution < 1.29 is 13.6 Å². The maximum absolute atomic E-state index is 13.7. The van der Waals surface area contributed by atoms with Crippen LogP contribution in [-0.4, -0.2) is 59.1 Å². The molecule has 2 saturated heterocycles. The smallest absolute Gasteiger partial charge is 0.329 e. The number of hydrogen-bond donors (Lipinski definition) is 1. The van der Waals surface area contributed by atoms with Gasteiger partial charge in [-0.15, -0.1) is 0 Å². The average Bonchev–Trinajstić information content (AvgIpc) is 3.43. The molecule has 5 heterocycles. The predicted octanol–water partition coefficient (Wildman–Crippen LogP) is 4.01. The van der Waals surface area contributed by atoms with Gasteiger partial charge in [-0.1, -0.05) is 12.1 Å².